The summed E-state index contributed by atoms with van der Waals surface area (Å²) in [4.78, 5) is 17.7. The number of nitrogens with two attached hydrogens (primary N) is 1. The number of carbonyl (C=O) groups is 1. The van der Waals surface area contributed by atoms with E-state index in [1.165, 1.54) is 19.3 Å². The molecular weight excluding hydrogens is 264 g/mol. The van der Waals surface area contributed by atoms with E-state index in [0.29, 0.717) is 11.6 Å². The molecule has 1 atom stereocenters. The normalized spacial score (nSPS) is 17.7. The largest absolute Gasteiger partial charge is 0.366 e. The number of amides is 1. The lowest BCUT2D eigenvalue weighted by molar-refractivity contribution is 0.1000. The molecule has 1 aliphatic heterocycles. The summed E-state index contributed by atoms with van der Waals surface area (Å²) < 4.78 is 0. The Bertz CT molecular complexity index is 452. The van der Waals surface area contributed by atoms with Gasteiger partial charge in [-0.25, -0.2) is 4.98 Å². The van der Waals surface area contributed by atoms with Crippen LogP contribution < -0.4 is 16.0 Å². The number of pyridine rings is 1. The molecular formula is C16H26N4O. The number of primary amides is 1. The van der Waals surface area contributed by atoms with Crippen molar-refractivity contribution in [2.45, 2.75) is 39.2 Å². The topological polar surface area (TPSA) is 71.2 Å². The molecule has 0 radical (unpaired) electrons. The Morgan fingerprint density at radius 3 is 2.71 bits per heavy atom. The van der Waals surface area contributed by atoms with Crippen LogP contribution in [0.4, 0.5) is 5.82 Å². The zero-order chi connectivity index (χ0) is 15.2. The summed E-state index contributed by atoms with van der Waals surface area (Å²) in [7, 11) is 0. The van der Waals surface area contributed by atoms with Crippen molar-refractivity contribution in [3.05, 3.63) is 23.9 Å². The molecule has 5 heteroatoms. The Kier molecular flexibility index (Phi) is 5.56. The van der Waals surface area contributed by atoms with Gasteiger partial charge in [0.25, 0.3) is 0 Å². The lowest BCUT2D eigenvalue weighted by Gasteiger charge is -2.35. The van der Waals surface area contributed by atoms with E-state index < -0.39 is 5.91 Å². The van der Waals surface area contributed by atoms with Crippen LogP contribution in [0.5, 0.6) is 0 Å². The van der Waals surface area contributed by atoms with Gasteiger partial charge in [0.2, 0.25) is 5.91 Å². The minimum atomic E-state index is -0.427. The van der Waals surface area contributed by atoms with Gasteiger partial charge in [0.1, 0.15) is 5.82 Å². The maximum atomic E-state index is 11.1. The van der Waals surface area contributed by atoms with Gasteiger partial charge in [-0.1, -0.05) is 6.92 Å². The van der Waals surface area contributed by atoms with Gasteiger partial charge in [-0.15, -0.1) is 0 Å². The van der Waals surface area contributed by atoms with Crippen LogP contribution in [0.2, 0.25) is 0 Å². The van der Waals surface area contributed by atoms with Crippen LogP contribution in [-0.4, -0.2) is 36.6 Å². The molecule has 1 fully saturated rings. The summed E-state index contributed by atoms with van der Waals surface area (Å²) in [5.41, 5.74) is 5.70. The maximum absolute atomic E-state index is 11.1. The van der Waals surface area contributed by atoms with E-state index in [2.05, 4.69) is 29.0 Å². The molecule has 21 heavy (non-hydrogen) atoms. The Hall–Kier alpha value is -1.62. The van der Waals surface area contributed by atoms with Crippen molar-refractivity contribution >= 4 is 11.7 Å². The number of hydrogen-bond acceptors (Lipinski definition) is 4. The van der Waals surface area contributed by atoms with Gasteiger partial charge in [0.15, 0.2) is 0 Å². The minimum Gasteiger partial charge on any atom is -0.366 e. The van der Waals surface area contributed by atoms with E-state index in [1.54, 1.807) is 12.3 Å². The number of carbonyl (C=O) groups excluding carboxylic acids is 1. The van der Waals surface area contributed by atoms with Crippen LogP contribution in [-0.2, 0) is 0 Å². The Balaban J connectivity index is 1.87. The van der Waals surface area contributed by atoms with Crippen LogP contribution in [0.25, 0.3) is 0 Å². The highest BCUT2D eigenvalue weighted by atomic mass is 16.1. The Morgan fingerprint density at radius 2 is 2.19 bits per heavy atom. The minimum absolute atomic E-state index is 0.427. The number of hydrogen-bond donors (Lipinski definition) is 2. The molecule has 0 aliphatic carbocycles. The standard InChI is InChI=1S/C16H26N4O/c1-3-8-18-12(2)13-6-9-20(10-7-13)15-5-4-14(11-19-15)16(17)21/h4-5,11-13,18H,3,6-10H2,1-2H3,(H2,17,21). The highest BCUT2D eigenvalue weighted by Crippen LogP contribution is 2.24. The zero-order valence-corrected chi connectivity index (χ0v) is 13.0. The zero-order valence-electron chi connectivity index (χ0n) is 13.0. The van der Waals surface area contributed by atoms with Crippen LogP contribution in [0.3, 0.4) is 0 Å². The van der Waals surface area contributed by atoms with E-state index in [0.717, 1.165) is 31.4 Å². The van der Waals surface area contributed by atoms with Crippen molar-refractivity contribution < 1.29 is 4.79 Å². The van der Waals surface area contributed by atoms with Gasteiger partial charge in [0, 0.05) is 25.3 Å². The summed E-state index contributed by atoms with van der Waals surface area (Å²) in [6.45, 7) is 7.62. The molecule has 1 aromatic heterocycles. The second kappa shape index (κ2) is 7.41. The summed E-state index contributed by atoms with van der Waals surface area (Å²) in [5, 5.41) is 3.59. The third kappa shape index (κ3) is 4.17. The molecule has 0 saturated carbocycles. The first kappa shape index (κ1) is 15.8. The van der Waals surface area contributed by atoms with E-state index in [1.807, 2.05) is 6.07 Å². The van der Waals surface area contributed by atoms with Gasteiger partial charge in [-0.2, -0.15) is 0 Å². The first-order valence-corrected chi connectivity index (χ1v) is 7.86. The molecule has 2 rings (SSSR count). The average Bonchev–Trinajstić information content (AvgIpc) is 2.53. The van der Waals surface area contributed by atoms with Crippen LogP contribution in [0.15, 0.2) is 18.3 Å². The summed E-state index contributed by atoms with van der Waals surface area (Å²) in [6.07, 6.45) is 5.10. The summed E-state index contributed by atoms with van der Waals surface area (Å²) in [5.74, 6) is 1.24. The molecule has 2 heterocycles. The maximum Gasteiger partial charge on any atom is 0.250 e. The van der Waals surface area contributed by atoms with Crippen molar-refractivity contribution in [3.8, 4) is 0 Å². The Morgan fingerprint density at radius 1 is 1.48 bits per heavy atom. The lowest BCUT2D eigenvalue weighted by Crippen LogP contribution is -2.42. The molecule has 1 aromatic rings. The first-order chi connectivity index (χ1) is 10.1. The molecule has 1 unspecified atom stereocenters. The van der Waals surface area contributed by atoms with Gasteiger partial charge < -0.3 is 16.0 Å². The molecule has 0 aromatic carbocycles. The van der Waals surface area contributed by atoms with Crippen LogP contribution >= 0.6 is 0 Å². The number of nitrogens with one attached hydrogen (secondary N) is 1. The summed E-state index contributed by atoms with van der Waals surface area (Å²) in [6, 6.07) is 4.22. The van der Waals surface area contributed by atoms with E-state index >= 15 is 0 Å². The molecule has 1 aliphatic rings. The number of anilines is 1. The number of aromatic nitrogens is 1. The number of rotatable bonds is 6. The highest BCUT2D eigenvalue weighted by Gasteiger charge is 2.24. The van der Waals surface area contributed by atoms with E-state index in [9.17, 15) is 4.79 Å². The van der Waals surface area contributed by atoms with Gasteiger partial charge in [-0.3, -0.25) is 4.79 Å². The fourth-order valence-corrected chi connectivity index (χ4v) is 2.89. The number of nitrogens with zero attached hydrogens (tertiary/aromatic N) is 2. The predicted octanol–water partition coefficient (Wildman–Crippen LogP) is 1.78. The monoisotopic (exact) mass is 290 g/mol. The van der Waals surface area contributed by atoms with Crippen molar-refractivity contribution in [3.63, 3.8) is 0 Å². The molecule has 0 bridgehead atoms. The van der Waals surface area contributed by atoms with Crippen LogP contribution in [0, 0.1) is 5.92 Å². The molecule has 3 N–H and O–H groups in total. The molecule has 1 amide bonds. The van der Waals surface area contributed by atoms with E-state index in [-0.39, 0.29) is 0 Å². The second-order valence-electron chi connectivity index (χ2n) is 5.84. The molecule has 116 valence electrons. The highest BCUT2D eigenvalue weighted by molar-refractivity contribution is 5.92. The lowest BCUT2D eigenvalue weighted by atomic mass is 9.90. The van der Waals surface area contributed by atoms with Crippen molar-refractivity contribution in [2.24, 2.45) is 11.7 Å². The second-order valence-corrected chi connectivity index (χ2v) is 5.84. The smallest absolute Gasteiger partial charge is 0.250 e. The van der Waals surface area contributed by atoms with E-state index in [4.69, 9.17) is 5.73 Å². The first-order valence-electron chi connectivity index (χ1n) is 7.86. The fourth-order valence-electron chi connectivity index (χ4n) is 2.89. The Labute approximate surface area is 126 Å². The van der Waals surface area contributed by atoms with Crippen molar-refractivity contribution in [1.82, 2.24) is 10.3 Å². The van der Waals surface area contributed by atoms with Gasteiger partial charge in [-0.05, 0) is 50.8 Å². The predicted molar refractivity (Wildman–Crippen MR) is 85.4 cm³/mol. The third-order valence-electron chi connectivity index (χ3n) is 4.32. The van der Waals surface area contributed by atoms with Gasteiger partial charge >= 0.3 is 0 Å². The fraction of sp³-hybridized carbons (Fsp3) is 0.625. The van der Waals surface area contributed by atoms with Crippen molar-refractivity contribution in [1.29, 1.82) is 0 Å². The molecule has 0 spiro atoms. The molecule has 5 nitrogen and oxygen atoms in total. The van der Waals surface area contributed by atoms with Gasteiger partial charge in [0.05, 0.1) is 5.56 Å². The molecule has 1 saturated heterocycles. The van der Waals surface area contributed by atoms with Crippen molar-refractivity contribution in [2.75, 3.05) is 24.5 Å². The quantitative estimate of drug-likeness (QED) is 0.838. The summed E-state index contributed by atoms with van der Waals surface area (Å²) >= 11 is 0. The number of piperidine rings is 1. The SMILES string of the molecule is CCCNC(C)C1CCN(c2ccc(C(N)=O)cn2)CC1. The van der Waals surface area contributed by atoms with Crippen LogP contribution in [0.1, 0.15) is 43.5 Å². The third-order valence-corrected chi connectivity index (χ3v) is 4.32. The average molecular weight is 290 g/mol.